The van der Waals surface area contributed by atoms with Crippen molar-refractivity contribution in [2.24, 2.45) is 0 Å². The summed E-state index contributed by atoms with van der Waals surface area (Å²) < 4.78 is 5.74. The van der Waals surface area contributed by atoms with Crippen LogP contribution in [0, 0.1) is 6.92 Å². The first-order valence-corrected chi connectivity index (χ1v) is 8.37. The van der Waals surface area contributed by atoms with Crippen molar-refractivity contribution in [2.45, 2.75) is 6.92 Å². The van der Waals surface area contributed by atoms with Crippen molar-refractivity contribution in [3.05, 3.63) is 76.9 Å². The molecule has 0 spiro atoms. The highest BCUT2D eigenvalue weighted by molar-refractivity contribution is 6.31. The number of fused-ring (bicyclic) bond motifs is 1. The lowest BCUT2D eigenvalue weighted by molar-refractivity contribution is 0.102. The lowest BCUT2D eigenvalue weighted by Crippen LogP contribution is -2.12. The number of amides is 1. The molecule has 0 fully saturated rings. The van der Waals surface area contributed by atoms with Gasteiger partial charge in [0.2, 0.25) is 5.89 Å². The predicted molar refractivity (Wildman–Crippen MR) is 101 cm³/mol. The number of nitrogens with zero attached hydrogens (tertiary/aromatic N) is 2. The Bertz CT molecular complexity index is 1090. The second-order valence-corrected chi connectivity index (χ2v) is 6.27. The number of aromatic nitrogens is 2. The number of oxazole rings is 1. The molecule has 0 unspecified atom stereocenters. The van der Waals surface area contributed by atoms with Crippen LogP contribution in [0.25, 0.3) is 22.7 Å². The first kappa shape index (κ1) is 16.3. The van der Waals surface area contributed by atoms with Gasteiger partial charge in [0.05, 0.1) is 0 Å². The van der Waals surface area contributed by atoms with E-state index in [2.05, 4.69) is 15.3 Å². The SMILES string of the molecule is Cc1cc(-c2nc3ncccc3o2)ccc1NC(=O)c1cccc(Cl)c1. The van der Waals surface area contributed by atoms with Crippen molar-refractivity contribution in [2.75, 3.05) is 5.32 Å². The molecule has 1 amide bonds. The molecule has 0 radical (unpaired) electrons. The largest absolute Gasteiger partial charge is 0.434 e. The zero-order chi connectivity index (χ0) is 18.1. The molecule has 0 aliphatic rings. The maximum atomic E-state index is 12.4. The van der Waals surface area contributed by atoms with Gasteiger partial charge in [-0.1, -0.05) is 17.7 Å². The van der Waals surface area contributed by atoms with Crippen LogP contribution in [-0.4, -0.2) is 15.9 Å². The van der Waals surface area contributed by atoms with Crippen molar-refractivity contribution >= 4 is 34.4 Å². The fourth-order valence-corrected chi connectivity index (χ4v) is 2.84. The van der Waals surface area contributed by atoms with Gasteiger partial charge in [-0.05, 0) is 61.0 Å². The maximum absolute atomic E-state index is 12.4. The summed E-state index contributed by atoms with van der Waals surface area (Å²) in [6.45, 7) is 1.91. The summed E-state index contributed by atoms with van der Waals surface area (Å²) in [6.07, 6.45) is 1.67. The molecule has 4 aromatic rings. The highest BCUT2D eigenvalue weighted by Crippen LogP contribution is 2.27. The third kappa shape index (κ3) is 3.17. The molecule has 0 aliphatic heterocycles. The number of anilines is 1. The molecule has 0 saturated heterocycles. The molecule has 0 saturated carbocycles. The Kier molecular flexibility index (Phi) is 4.14. The Hall–Kier alpha value is -3.18. The summed E-state index contributed by atoms with van der Waals surface area (Å²) in [5.74, 6) is 0.281. The van der Waals surface area contributed by atoms with E-state index in [1.165, 1.54) is 0 Å². The zero-order valence-corrected chi connectivity index (χ0v) is 14.6. The van der Waals surface area contributed by atoms with E-state index in [9.17, 15) is 4.79 Å². The fourth-order valence-electron chi connectivity index (χ4n) is 2.65. The van der Waals surface area contributed by atoms with Gasteiger partial charge in [-0.25, -0.2) is 4.98 Å². The normalized spacial score (nSPS) is 10.8. The summed E-state index contributed by atoms with van der Waals surface area (Å²) in [4.78, 5) is 20.9. The fraction of sp³-hybridized carbons (Fsp3) is 0.0500. The number of carbonyl (C=O) groups is 1. The molecule has 1 N–H and O–H groups in total. The Morgan fingerprint density at radius 3 is 2.77 bits per heavy atom. The number of hydrogen-bond donors (Lipinski definition) is 1. The Morgan fingerprint density at radius 2 is 2.00 bits per heavy atom. The van der Waals surface area contributed by atoms with E-state index in [-0.39, 0.29) is 5.91 Å². The molecule has 2 aromatic carbocycles. The van der Waals surface area contributed by atoms with E-state index in [1.807, 2.05) is 31.2 Å². The minimum Gasteiger partial charge on any atom is -0.434 e. The quantitative estimate of drug-likeness (QED) is 0.549. The second-order valence-electron chi connectivity index (χ2n) is 5.84. The van der Waals surface area contributed by atoms with Gasteiger partial charge in [-0.15, -0.1) is 0 Å². The monoisotopic (exact) mass is 363 g/mol. The third-order valence-corrected chi connectivity index (χ3v) is 4.21. The maximum Gasteiger partial charge on any atom is 0.255 e. The molecule has 4 rings (SSSR count). The molecule has 0 bridgehead atoms. The van der Waals surface area contributed by atoms with Gasteiger partial charge in [0.25, 0.3) is 5.91 Å². The van der Waals surface area contributed by atoms with Crippen LogP contribution >= 0.6 is 11.6 Å². The van der Waals surface area contributed by atoms with Gasteiger partial charge < -0.3 is 9.73 Å². The number of halogens is 1. The number of benzene rings is 2. The molecule has 6 heteroatoms. The summed E-state index contributed by atoms with van der Waals surface area (Å²) in [7, 11) is 0. The van der Waals surface area contributed by atoms with Gasteiger partial charge in [0.15, 0.2) is 11.2 Å². The topological polar surface area (TPSA) is 68.0 Å². The van der Waals surface area contributed by atoms with Gasteiger partial charge in [-0.3, -0.25) is 4.79 Å². The van der Waals surface area contributed by atoms with E-state index < -0.39 is 0 Å². The van der Waals surface area contributed by atoms with Crippen molar-refractivity contribution in [1.82, 2.24) is 9.97 Å². The van der Waals surface area contributed by atoms with Gasteiger partial charge >= 0.3 is 0 Å². The standard InChI is InChI=1S/C20H14ClN3O2/c1-12-10-14(20-24-18-17(26-20)6-3-9-22-18)7-8-16(12)23-19(25)13-4-2-5-15(21)11-13/h2-11H,1H3,(H,23,25). The first-order chi connectivity index (χ1) is 12.6. The molecule has 0 aliphatic carbocycles. The average Bonchev–Trinajstić information content (AvgIpc) is 3.07. The van der Waals surface area contributed by atoms with E-state index in [0.29, 0.717) is 33.4 Å². The van der Waals surface area contributed by atoms with E-state index in [4.69, 9.17) is 16.0 Å². The van der Waals surface area contributed by atoms with Gasteiger partial charge in [0, 0.05) is 28.0 Å². The molecular weight excluding hydrogens is 350 g/mol. The minimum absolute atomic E-state index is 0.214. The Labute approximate surface area is 154 Å². The molecule has 0 atom stereocenters. The van der Waals surface area contributed by atoms with E-state index in [0.717, 1.165) is 11.1 Å². The van der Waals surface area contributed by atoms with Crippen LogP contribution in [0.2, 0.25) is 5.02 Å². The van der Waals surface area contributed by atoms with Crippen LogP contribution < -0.4 is 5.32 Å². The van der Waals surface area contributed by atoms with Crippen molar-refractivity contribution in [1.29, 1.82) is 0 Å². The number of nitrogens with one attached hydrogen (secondary N) is 1. The summed E-state index contributed by atoms with van der Waals surface area (Å²) in [5, 5.41) is 3.42. The van der Waals surface area contributed by atoms with E-state index >= 15 is 0 Å². The van der Waals surface area contributed by atoms with Crippen LogP contribution in [0.4, 0.5) is 5.69 Å². The average molecular weight is 364 g/mol. The molecule has 2 aromatic heterocycles. The van der Waals surface area contributed by atoms with Crippen molar-refractivity contribution < 1.29 is 9.21 Å². The molecular formula is C20H14ClN3O2. The summed E-state index contributed by atoms with van der Waals surface area (Å²) in [6, 6.07) is 16.0. The highest BCUT2D eigenvalue weighted by Gasteiger charge is 2.12. The van der Waals surface area contributed by atoms with Crippen LogP contribution in [0.1, 0.15) is 15.9 Å². The second kappa shape index (κ2) is 6.61. The number of aryl methyl sites for hydroxylation is 1. The molecule has 26 heavy (non-hydrogen) atoms. The summed E-state index contributed by atoms with van der Waals surface area (Å²) >= 11 is 5.94. The van der Waals surface area contributed by atoms with Crippen LogP contribution in [0.3, 0.4) is 0 Å². The number of carbonyl (C=O) groups excluding carboxylic acids is 1. The lowest BCUT2D eigenvalue weighted by Gasteiger charge is -2.09. The third-order valence-electron chi connectivity index (χ3n) is 3.97. The van der Waals surface area contributed by atoms with Crippen LogP contribution in [0.5, 0.6) is 0 Å². The molecule has 128 valence electrons. The van der Waals surface area contributed by atoms with Crippen molar-refractivity contribution in [3.8, 4) is 11.5 Å². The summed E-state index contributed by atoms with van der Waals surface area (Å²) in [5.41, 5.74) is 4.14. The predicted octanol–water partition coefficient (Wildman–Crippen LogP) is 5.10. The Morgan fingerprint density at radius 1 is 1.12 bits per heavy atom. The van der Waals surface area contributed by atoms with Crippen LogP contribution in [0.15, 0.2) is 65.2 Å². The van der Waals surface area contributed by atoms with E-state index in [1.54, 1.807) is 36.5 Å². The zero-order valence-electron chi connectivity index (χ0n) is 13.9. The lowest BCUT2D eigenvalue weighted by atomic mass is 10.1. The molecule has 5 nitrogen and oxygen atoms in total. The highest BCUT2D eigenvalue weighted by atomic mass is 35.5. The minimum atomic E-state index is -0.214. The molecule has 2 heterocycles. The van der Waals surface area contributed by atoms with Crippen LogP contribution in [-0.2, 0) is 0 Å². The van der Waals surface area contributed by atoms with Gasteiger partial charge in [-0.2, -0.15) is 4.98 Å². The smallest absolute Gasteiger partial charge is 0.255 e. The number of hydrogen-bond acceptors (Lipinski definition) is 4. The Balaban J connectivity index is 1.60. The van der Waals surface area contributed by atoms with Gasteiger partial charge in [0.1, 0.15) is 0 Å². The number of pyridine rings is 1. The number of rotatable bonds is 3. The first-order valence-electron chi connectivity index (χ1n) is 8.00. The van der Waals surface area contributed by atoms with Crippen molar-refractivity contribution in [3.63, 3.8) is 0 Å².